The summed E-state index contributed by atoms with van der Waals surface area (Å²) >= 11 is 7.80. The maximum absolute atomic E-state index is 15.3. The summed E-state index contributed by atoms with van der Waals surface area (Å²) in [6, 6.07) is 7.16. The molecule has 10 nitrogen and oxygen atoms in total. The minimum atomic E-state index is -0.917. The Morgan fingerprint density at radius 3 is 2.78 bits per heavy atom. The number of aliphatic imine (C=N–C) groups is 1. The van der Waals surface area contributed by atoms with Crippen LogP contribution in [0, 0.1) is 18.7 Å². The van der Waals surface area contributed by atoms with Crippen LogP contribution >= 0.6 is 22.9 Å². The van der Waals surface area contributed by atoms with Gasteiger partial charge in [0, 0.05) is 35.2 Å². The van der Waals surface area contributed by atoms with Crippen molar-refractivity contribution in [2.75, 3.05) is 13.7 Å². The monoisotopic (exact) mass is 592 g/mol. The van der Waals surface area contributed by atoms with E-state index in [1.807, 2.05) is 26.0 Å². The molecule has 0 saturated carbocycles. The summed E-state index contributed by atoms with van der Waals surface area (Å²) in [5.74, 6) is 0.358. The quantitative estimate of drug-likeness (QED) is 0.236. The molecular weight excluding hydrogens is 571 g/mol. The number of hydrogen-bond donors (Lipinski definition) is 1. The molecule has 5 aromatic rings. The number of benzene rings is 2. The number of thiazole rings is 1. The summed E-state index contributed by atoms with van der Waals surface area (Å²) in [6.45, 7) is 4.03. The van der Waals surface area contributed by atoms with Gasteiger partial charge in [-0.3, -0.25) is 0 Å². The molecule has 2 N–H and O–H groups in total. The minimum absolute atomic E-state index is 0.0227. The zero-order chi connectivity index (χ0) is 28.8. The van der Waals surface area contributed by atoms with E-state index in [9.17, 15) is 4.79 Å². The largest absolute Gasteiger partial charge is 0.490 e. The van der Waals surface area contributed by atoms with Crippen molar-refractivity contribution in [2.24, 2.45) is 16.6 Å². The Morgan fingerprint density at radius 2 is 2.00 bits per heavy atom. The second-order valence-electron chi connectivity index (χ2n) is 9.53. The van der Waals surface area contributed by atoms with E-state index in [1.165, 1.54) is 24.6 Å². The lowest BCUT2D eigenvalue weighted by Crippen LogP contribution is -2.19. The third-order valence-electron chi connectivity index (χ3n) is 6.56. The normalized spacial score (nSPS) is 13.2. The number of nitrogens with two attached hydrogens (primary N) is 1. The highest BCUT2D eigenvalue weighted by Crippen LogP contribution is 2.41. The molecule has 4 heterocycles. The molecule has 0 spiro atoms. The third-order valence-corrected chi connectivity index (χ3v) is 7.94. The standard InChI is InChI=1S/C28H22ClFN6O4S/c1-12-4-16(24-18(5-12)34-21(38-3)10-32-24)27-36-25-20(41-27)8-19(23(30)22(25)29)39-11-13(2)17-7-14-6-15(40-28(31)37)9-33-26(14)35-17/h4-6,8-10,13H,7,11H2,1-3H3,(H2,31,37). The number of aromatic nitrogens is 4. The Morgan fingerprint density at radius 1 is 1.17 bits per heavy atom. The van der Waals surface area contributed by atoms with E-state index in [0.717, 1.165) is 22.4 Å². The number of amides is 1. The van der Waals surface area contributed by atoms with Gasteiger partial charge < -0.3 is 19.9 Å². The molecule has 208 valence electrons. The fourth-order valence-corrected chi connectivity index (χ4v) is 5.88. The molecular formula is C28H22ClFN6O4S. The summed E-state index contributed by atoms with van der Waals surface area (Å²) in [4.78, 5) is 33.5. The SMILES string of the molecule is COc1cnc2c(-c3nc4c(Cl)c(F)c(OCC(C)C5=Nc6ncc(OC(N)=O)cc6C5)cc4s3)cc(C)cc2n1. The zero-order valence-electron chi connectivity index (χ0n) is 22.1. The van der Waals surface area contributed by atoms with E-state index in [-0.39, 0.29) is 29.0 Å². The lowest BCUT2D eigenvalue weighted by Gasteiger charge is -2.14. The molecule has 0 aliphatic carbocycles. The number of nitrogens with zero attached hydrogens (tertiary/aromatic N) is 5. The van der Waals surface area contributed by atoms with Crippen LogP contribution in [0.25, 0.3) is 31.8 Å². The van der Waals surface area contributed by atoms with E-state index in [4.69, 9.17) is 31.5 Å². The van der Waals surface area contributed by atoms with Crippen molar-refractivity contribution < 1.29 is 23.4 Å². The Balaban J connectivity index is 1.24. The number of halogens is 2. The van der Waals surface area contributed by atoms with Gasteiger partial charge in [-0.25, -0.2) is 34.1 Å². The highest BCUT2D eigenvalue weighted by atomic mass is 35.5. The number of pyridine rings is 1. The van der Waals surface area contributed by atoms with Crippen molar-refractivity contribution in [3.05, 3.63) is 58.6 Å². The third kappa shape index (κ3) is 5.11. The highest BCUT2D eigenvalue weighted by Gasteiger charge is 2.24. The maximum Gasteiger partial charge on any atom is 0.410 e. The van der Waals surface area contributed by atoms with Gasteiger partial charge in [-0.05, 0) is 30.7 Å². The van der Waals surface area contributed by atoms with Gasteiger partial charge in [-0.15, -0.1) is 11.3 Å². The number of rotatable bonds is 7. The lowest BCUT2D eigenvalue weighted by atomic mass is 10.0. The average molecular weight is 593 g/mol. The maximum atomic E-state index is 15.3. The van der Waals surface area contributed by atoms with Crippen molar-refractivity contribution in [1.82, 2.24) is 19.9 Å². The average Bonchev–Trinajstić information content (AvgIpc) is 3.57. The summed E-state index contributed by atoms with van der Waals surface area (Å²) in [5, 5.41) is 0.513. The Kier molecular flexibility index (Phi) is 6.88. The summed E-state index contributed by atoms with van der Waals surface area (Å²) < 4.78 is 32.0. The van der Waals surface area contributed by atoms with Crippen LogP contribution in [0.15, 0.2) is 41.7 Å². The minimum Gasteiger partial charge on any atom is -0.490 e. The first-order valence-electron chi connectivity index (χ1n) is 12.5. The first-order valence-corrected chi connectivity index (χ1v) is 13.7. The van der Waals surface area contributed by atoms with Crippen molar-refractivity contribution >= 4 is 61.8 Å². The van der Waals surface area contributed by atoms with Gasteiger partial charge in [0.1, 0.15) is 15.5 Å². The van der Waals surface area contributed by atoms with Gasteiger partial charge in [0.2, 0.25) is 5.88 Å². The summed E-state index contributed by atoms with van der Waals surface area (Å²) in [7, 11) is 1.53. The zero-order valence-corrected chi connectivity index (χ0v) is 23.6. The van der Waals surface area contributed by atoms with Crippen LogP contribution in [0.5, 0.6) is 17.4 Å². The molecule has 2 aromatic carbocycles. The number of carbonyl (C=O) groups excluding carboxylic acids is 1. The molecule has 1 amide bonds. The van der Waals surface area contributed by atoms with Crippen molar-refractivity contribution in [2.45, 2.75) is 20.3 Å². The Hall–Kier alpha value is -4.42. The van der Waals surface area contributed by atoms with Crippen molar-refractivity contribution in [3.63, 3.8) is 0 Å². The second-order valence-corrected chi connectivity index (χ2v) is 10.9. The van der Waals surface area contributed by atoms with Crippen LogP contribution in [-0.2, 0) is 6.42 Å². The number of ether oxygens (including phenoxy) is 3. The molecule has 0 fully saturated rings. The van der Waals surface area contributed by atoms with Crippen molar-refractivity contribution in [3.8, 4) is 28.0 Å². The van der Waals surface area contributed by atoms with Crippen LogP contribution in [0.1, 0.15) is 18.1 Å². The van der Waals surface area contributed by atoms with E-state index in [2.05, 4.69) is 24.9 Å². The summed E-state index contributed by atoms with van der Waals surface area (Å²) in [6.07, 6.45) is 2.50. The Bertz CT molecular complexity index is 1900. The number of fused-ring (bicyclic) bond motifs is 3. The molecule has 1 atom stereocenters. The van der Waals surface area contributed by atoms with Crippen LogP contribution in [0.2, 0.25) is 5.02 Å². The van der Waals surface area contributed by atoms with E-state index < -0.39 is 11.9 Å². The number of primary amides is 1. The first-order chi connectivity index (χ1) is 19.7. The van der Waals surface area contributed by atoms with E-state index >= 15 is 4.39 Å². The molecule has 1 aliphatic heterocycles. The molecule has 13 heteroatoms. The number of carbonyl (C=O) groups is 1. The summed E-state index contributed by atoms with van der Waals surface area (Å²) in [5.41, 5.74) is 10.1. The number of hydrogen-bond acceptors (Lipinski definition) is 10. The Labute approximate surface area is 242 Å². The van der Waals surface area contributed by atoms with Crippen LogP contribution in [0.3, 0.4) is 0 Å². The molecule has 0 bridgehead atoms. The fourth-order valence-electron chi connectivity index (χ4n) is 4.56. The second kappa shape index (κ2) is 10.5. The molecule has 0 saturated heterocycles. The van der Waals surface area contributed by atoms with Crippen LogP contribution in [0.4, 0.5) is 15.0 Å². The number of aryl methyl sites for hydroxylation is 1. The van der Waals surface area contributed by atoms with E-state index in [0.29, 0.717) is 44.4 Å². The predicted octanol–water partition coefficient (Wildman–Crippen LogP) is 6.21. The van der Waals surface area contributed by atoms with Crippen LogP contribution < -0.4 is 19.9 Å². The molecule has 41 heavy (non-hydrogen) atoms. The molecule has 3 aromatic heterocycles. The smallest absolute Gasteiger partial charge is 0.410 e. The van der Waals surface area contributed by atoms with Gasteiger partial charge in [0.15, 0.2) is 23.1 Å². The van der Waals surface area contributed by atoms with Crippen LogP contribution in [-0.4, -0.2) is 45.5 Å². The van der Waals surface area contributed by atoms with Gasteiger partial charge in [0.05, 0.1) is 41.8 Å². The van der Waals surface area contributed by atoms with Crippen molar-refractivity contribution in [1.29, 1.82) is 0 Å². The van der Waals surface area contributed by atoms with Gasteiger partial charge in [0.25, 0.3) is 0 Å². The molecule has 1 unspecified atom stereocenters. The topological polar surface area (TPSA) is 135 Å². The molecule has 6 rings (SSSR count). The fraction of sp³-hybridized carbons (Fsp3) is 0.214. The van der Waals surface area contributed by atoms with E-state index in [1.54, 1.807) is 18.3 Å². The highest BCUT2D eigenvalue weighted by molar-refractivity contribution is 7.21. The predicted molar refractivity (Wildman–Crippen MR) is 154 cm³/mol. The number of methoxy groups -OCH3 is 1. The lowest BCUT2D eigenvalue weighted by molar-refractivity contribution is 0.210. The molecule has 1 aliphatic rings. The molecule has 0 radical (unpaired) electrons. The van der Waals surface area contributed by atoms with Gasteiger partial charge >= 0.3 is 6.09 Å². The van der Waals surface area contributed by atoms with Gasteiger partial charge in [-0.2, -0.15) is 0 Å². The first kappa shape index (κ1) is 26.8. The van der Waals surface area contributed by atoms with Gasteiger partial charge in [-0.1, -0.05) is 18.5 Å².